The van der Waals surface area contributed by atoms with E-state index in [4.69, 9.17) is 0 Å². The van der Waals surface area contributed by atoms with Gasteiger partial charge in [0, 0.05) is 29.1 Å². The number of aliphatic hydroxyl groups excluding tert-OH is 1. The van der Waals surface area contributed by atoms with Crippen molar-refractivity contribution in [3.8, 4) is 22.5 Å². The van der Waals surface area contributed by atoms with Gasteiger partial charge >= 0.3 is 0 Å². The van der Waals surface area contributed by atoms with Crippen LogP contribution in [0, 0.1) is 0 Å². The molecule has 0 aliphatic rings. The van der Waals surface area contributed by atoms with Crippen molar-refractivity contribution in [2.75, 3.05) is 6.61 Å². The van der Waals surface area contributed by atoms with Crippen LogP contribution in [-0.2, 0) is 6.42 Å². The van der Waals surface area contributed by atoms with Gasteiger partial charge in [0.25, 0.3) is 0 Å². The third-order valence-corrected chi connectivity index (χ3v) is 4.16. The first kappa shape index (κ1) is 16.2. The number of Topliss-reactive ketones (excluding diaryl/α,β-unsaturated/α-hetero) is 1. The highest BCUT2D eigenvalue weighted by atomic mass is 16.2. The minimum absolute atomic E-state index is 0.0540. The monoisotopic (exact) mass is 319 g/mol. The van der Waals surface area contributed by atoms with Crippen molar-refractivity contribution in [1.29, 1.82) is 0 Å². The van der Waals surface area contributed by atoms with Crippen LogP contribution in [0.25, 0.3) is 22.5 Å². The van der Waals surface area contributed by atoms with Gasteiger partial charge in [-0.2, -0.15) is 0 Å². The van der Waals surface area contributed by atoms with E-state index in [1.165, 1.54) is 0 Å². The lowest BCUT2D eigenvalue weighted by Crippen LogP contribution is -1.95. The molecule has 0 bridgehead atoms. The highest BCUT2D eigenvalue weighted by molar-refractivity contribution is 6.00. The lowest BCUT2D eigenvalue weighted by molar-refractivity contribution is 0.101. The second-order valence-electron chi connectivity index (χ2n) is 5.88. The highest BCUT2D eigenvalue weighted by Gasteiger charge is 2.14. The number of carbonyl (C=O) groups excluding carboxylic acids is 1. The fourth-order valence-corrected chi connectivity index (χ4v) is 3.00. The molecule has 0 unspecified atom stereocenters. The zero-order valence-corrected chi connectivity index (χ0v) is 13.8. The van der Waals surface area contributed by atoms with E-state index < -0.39 is 0 Å². The summed E-state index contributed by atoms with van der Waals surface area (Å²) in [5.74, 6) is 0.0540. The fourth-order valence-electron chi connectivity index (χ4n) is 3.00. The number of ketones is 1. The van der Waals surface area contributed by atoms with Crippen LogP contribution in [0.3, 0.4) is 0 Å². The Kier molecular flexibility index (Phi) is 4.92. The van der Waals surface area contributed by atoms with Gasteiger partial charge < -0.3 is 10.1 Å². The largest absolute Gasteiger partial charge is 0.396 e. The summed E-state index contributed by atoms with van der Waals surface area (Å²) in [6, 6.07) is 19.9. The normalized spacial score (nSPS) is 10.8. The Balaban J connectivity index is 2.11. The third kappa shape index (κ3) is 3.31. The molecule has 2 aromatic carbocycles. The van der Waals surface area contributed by atoms with Crippen LogP contribution in [-0.4, -0.2) is 22.5 Å². The second kappa shape index (κ2) is 7.28. The van der Waals surface area contributed by atoms with E-state index in [0.717, 1.165) is 34.5 Å². The minimum Gasteiger partial charge on any atom is -0.396 e. The zero-order chi connectivity index (χ0) is 16.9. The molecule has 3 aromatic rings. The standard InChI is InChI=1S/C21H21NO2/c1-15(24)18-11-5-6-12-19(18)20-14-17(10-7-13-23)21(22-20)16-8-3-2-4-9-16/h2-6,8-9,11-12,14,22-23H,7,10,13H2,1H3. The van der Waals surface area contributed by atoms with E-state index >= 15 is 0 Å². The summed E-state index contributed by atoms with van der Waals surface area (Å²) in [6.45, 7) is 1.76. The SMILES string of the molecule is CC(=O)c1ccccc1-c1cc(CCCO)c(-c2ccccc2)[nH]1. The Labute approximate surface area is 142 Å². The van der Waals surface area contributed by atoms with Gasteiger partial charge in [-0.25, -0.2) is 0 Å². The van der Waals surface area contributed by atoms with Crippen molar-refractivity contribution < 1.29 is 9.90 Å². The Morgan fingerprint density at radius 3 is 2.46 bits per heavy atom. The minimum atomic E-state index is 0.0540. The average molecular weight is 319 g/mol. The van der Waals surface area contributed by atoms with E-state index in [-0.39, 0.29) is 12.4 Å². The summed E-state index contributed by atoms with van der Waals surface area (Å²) >= 11 is 0. The molecule has 3 rings (SSSR count). The quantitative estimate of drug-likeness (QED) is 0.658. The molecule has 1 heterocycles. The van der Waals surface area contributed by atoms with E-state index in [1.54, 1.807) is 6.92 Å². The van der Waals surface area contributed by atoms with Crippen LogP contribution in [0.1, 0.15) is 29.3 Å². The Morgan fingerprint density at radius 1 is 1.04 bits per heavy atom. The average Bonchev–Trinajstić information content (AvgIpc) is 3.04. The van der Waals surface area contributed by atoms with Gasteiger partial charge in [-0.05, 0) is 37.0 Å². The van der Waals surface area contributed by atoms with Gasteiger partial charge in [0.15, 0.2) is 5.78 Å². The number of aromatic nitrogens is 1. The number of aromatic amines is 1. The number of nitrogens with one attached hydrogen (secondary N) is 1. The molecule has 0 amide bonds. The molecule has 0 saturated heterocycles. The van der Waals surface area contributed by atoms with E-state index in [0.29, 0.717) is 12.0 Å². The molecule has 0 fully saturated rings. The highest BCUT2D eigenvalue weighted by Crippen LogP contribution is 2.31. The number of aryl methyl sites for hydroxylation is 1. The van der Waals surface area contributed by atoms with Crippen LogP contribution in [0.4, 0.5) is 0 Å². The molecular weight excluding hydrogens is 298 g/mol. The number of aliphatic hydroxyl groups is 1. The number of rotatable bonds is 6. The molecule has 1 aromatic heterocycles. The molecule has 3 heteroatoms. The van der Waals surface area contributed by atoms with Gasteiger partial charge in [0.1, 0.15) is 0 Å². The molecule has 0 atom stereocenters. The number of hydrogen-bond donors (Lipinski definition) is 2. The fraction of sp³-hybridized carbons (Fsp3) is 0.190. The third-order valence-electron chi connectivity index (χ3n) is 4.16. The lowest BCUT2D eigenvalue weighted by atomic mass is 10.0. The van der Waals surface area contributed by atoms with Crippen LogP contribution in [0.5, 0.6) is 0 Å². The first-order valence-corrected chi connectivity index (χ1v) is 8.19. The van der Waals surface area contributed by atoms with Crippen molar-refractivity contribution in [2.45, 2.75) is 19.8 Å². The predicted molar refractivity (Wildman–Crippen MR) is 97.1 cm³/mol. The lowest BCUT2D eigenvalue weighted by Gasteiger charge is -2.05. The van der Waals surface area contributed by atoms with Gasteiger partial charge in [-0.3, -0.25) is 4.79 Å². The summed E-state index contributed by atoms with van der Waals surface area (Å²) in [5.41, 5.74) is 5.88. The summed E-state index contributed by atoms with van der Waals surface area (Å²) in [5, 5.41) is 9.17. The molecule has 24 heavy (non-hydrogen) atoms. The number of hydrogen-bond acceptors (Lipinski definition) is 2. The topological polar surface area (TPSA) is 53.1 Å². The van der Waals surface area contributed by atoms with Crippen LogP contribution in [0.15, 0.2) is 60.7 Å². The maximum atomic E-state index is 11.9. The van der Waals surface area contributed by atoms with Crippen LogP contribution < -0.4 is 0 Å². The molecule has 122 valence electrons. The molecule has 2 N–H and O–H groups in total. The smallest absolute Gasteiger partial charge is 0.160 e. The molecular formula is C21H21NO2. The number of carbonyl (C=O) groups is 1. The Morgan fingerprint density at radius 2 is 1.75 bits per heavy atom. The van der Waals surface area contributed by atoms with E-state index in [2.05, 4.69) is 23.2 Å². The van der Waals surface area contributed by atoms with Gasteiger partial charge in [-0.15, -0.1) is 0 Å². The van der Waals surface area contributed by atoms with Crippen molar-refractivity contribution in [3.63, 3.8) is 0 Å². The summed E-state index contributed by atoms with van der Waals surface area (Å²) in [4.78, 5) is 15.4. The maximum Gasteiger partial charge on any atom is 0.160 e. The number of benzene rings is 2. The summed E-state index contributed by atoms with van der Waals surface area (Å²) in [7, 11) is 0. The zero-order valence-electron chi connectivity index (χ0n) is 13.8. The Bertz CT molecular complexity index is 834. The van der Waals surface area contributed by atoms with Gasteiger partial charge in [-0.1, -0.05) is 54.6 Å². The molecule has 3 nitrogen and oxygen atoms in total. The van der Waals surface area contributed by atoms with Crippen molar-refractivity contribution in [3.05, 3.63) is 71.8 Å². The van der Waals surface area contributed by atoms with Crippen LogP contribution in [0.2, 0.25) is 0 Å². The molecule has 0 saturated carbocycles. The first-order valence-electron chi connectivity index (χ1n) is 8.19. The van der Waals surface area contributed by atoms with E-state index in [9.17, 15) is 9.90 Å². The summed E-state index contributed by atoms with van der Waals surface area (Å²) < 4.78 is 0. The van der Waals surface area contributed by atoms with E-state index in [1.807, 2.05) is 42.5 Å². The summed E-state index contributed by atoms with van der Waals surface area (Å²) in [6.07, 6.45) is 1.50. The first-order chi connectivity index (χ1) is 11.7. The van der Waals surface area contributed by atoms with Gasteiger partial charge in [0.2, 0.25) is 0 Å². The van der Waals surface area contributed by atoms with Crippen molar-refractivity contribution in [1.82, 2.24) is 4.98 Å². The molecule has 0 aliphatic heterocycles. The molecule has 0 radical (unpaired) electrons. The van der Waals surface area contributed by atoms with Crippen LogP contribution >= 0.6 is 0 Å². The van der Waals surface area contributed by atoms with Crippen molar-refractivity contribution >= 4 is 5.78 Å². The van der Waals surface area contributed by atoms with Gasteiger partial charge in [0.05, 0.1) is 0 Å². The molecule has 0 spiro atoms. The van der Waals surface area contributed by atoms with Crippen molar-refractivity contribution in [2.24, 2.45) is 0 Å². The molecule has 0 aliphatic carbocycles. The number of H-pyrrole nitrogens is 1. The Hall–Kier alpha value is -2.65. The second-order valence-corrected chi connectivity index (χ2v) is 5.88. The predicted octanol–water partition coefficient (Wildman–Crippen LogP) is 4.48. The maximum absolute atomic E-state index is 11.9.